The van der Waals surface area contributed by atoms with Crippen LogP contribution in [0.25, 0.3) is 0 Å². The van der Waals surface area contributed by atoms with E-state index in [0.717, 1.165) is 11.3 Å². The number of carboxylic acids is 1. The number of carboxylic acid groups (broad SMARTS) is 1. The second-order valence-corrected chi connectivity index (χ2v) is 16.1. The van der Waals surface area contributed by atoms with Gasteiger partial charge in [0.05, 0.1) is 0 Å². The van der Waals surface area contributed by atoms with Gasteiger partial charge in [-0.1, -0.05) is 0 Å². The summed E-state index contributed by atoms with van der Waals surface area (Å²) < 4.78 is 1.28. The minimum absolute atomic E-state index is 0.470. The Labute approximate surface area is 98.7 Å². The summed E-state index contributed by atoms with van der Waals surface area (Å²) in [6.07, 6.45) is 8.41. The second kappa shape index (κ2) is 6.46. The normalized spacial score (nSPS) is 15.2. The molecule has 0 aromatic heterocycles. The van der Waals surface area contributed by atoms with Gasteiger partial charge in [0.15, 0.2) is 0 Å². The maximum absolute atomic E-state index is 10.9. The van der Waals surface area contributed by atoms with Crippen LogP contribution in [0, 0.1) is 0 Å². The number of hydrogen-bond donors (Lipinski definition) is 1. The fraction of sp³-hybridized carbons (Fsp3) is 0.300. The third-order valence-electron chi connectivity index (χ3n) is 1.80. The molecule has 0 fully saturated rings. The molecule has 0 atom stereocenters. The van der Waals surface area contributed by atoms with Gasteiger partial charge in [-0.25, -0.2) is 0 Å². The monoisotopic (exact) mass is 398 g/mol. The van der Waals surface area contributed by atoms with Gasteiger partial charge < -0.3 is 0 Å². The van der Waals surface area contributed by atoms with Crippen molar-refractivity contribution in [2.45, 2.75) is 17.3 Å². The zero-order valence-corrected chi connectivity index (χ0v) is 14.5. The number of carbonyl (C=O) groups is 1. The van der Waals surface area contributed by atoms with E-state index in [-0.39, 0.29) is 0 Å². The molecule has 0 aromatic rings. The summed E-state index contributed by atoms with van der Waals surface area (Å²) in [6.45, 7) is 2.19. The van der Waals surface area contributed by atoms with Crippen molar-refractivity contribution in [3.63, 3.8) is 0 Å². The zero-order chi connectivity index (χ0) is 10.4. The van der Waals surface area contributed by atoms with E-state index in [2.05, 4.69) is 6.92 Å². The maximum atomic E-state index is 10.9. The molecule has 0 bridgehead atoms. The van der Waals surface area contributed by atoms with Crippen molar-refractivity contribution >= 4 is 14.2 Å². The molecule has 1 rings (SSSR count). The molecule has 1 N–H and O–H groups in total. The summed E-state index contributed by atoms with van der Waals surface area (Å²) in [5.74, 6) is -0.806. The van der Waals surface area contributed by atoms with Crippen molar-refractivity contribution in [1.82, 2.24) is 0 Å². The summed E-state index contributed by atoms with van der Waals surface area (Å²) in [5, 5.41) is 9.00. The zero-order valence-electron chi connectivity index (χ0n) is 8.19. The molecule has 4 heteroatoms. The van der Waals surface area contributed by atoms with Gasteiger partial charge in [0, 0.05) is 0 Å². The number of allylic oxidation sites excluding steroid dienone is 4. The molecular formula is C10H12HgO2S. The molecule has 0 aliphatic heterocycles. The molecule has 1 aliphatic rings. The van der Waals surface area contributed by atoms with Crippen LogP contribution in [0.4, 0.5) is 0 Å². The van der Waals surface area contributed by atoms with Crippen molar-refractivity contribution in [2.24, 2.45) is 0 Å². The minimum atomic E-state index is -0.879. The van der Waals surface area contributed by atoms with Crippen LogP contribution >= 0.6 is 8.24 Å². The summed E-state index contributed by atoms with van der Waals surface area (Å²) in [6, 6.07) is 0. The predicted molar refractivity (Wildman–Crippen MR) is 55.6 cm³/mol. The van der Waals surface area contributed by atoms with Gasteiger partial charge in [0.1, 0.15) is 0 Å². The van der Waals surface area contributed by atoms with E-state index < -0.39 is 29.0 Å². The SMILES string of the molecule is C[CH2][Hg][S]C1=CCC=CC=C1C(=O)O. The first kappa shape index (κ1) is 12.0. The summed E-state index contributed by atoms with van der Waals surface area (Å²) in [5.41, 5.74) is 0.470. The predicted octanol–water partition coefficient (Wildman–Crippen LogP) is 3.01. The molecule has 0 aromatic carbocycles. The van der Waals surface area contributed by atoms with Crippen molar-refractivity contribution in [3.05, 3.63) is 34.8 Å². The Bertz CT molecular complexity index is 305. The van der Waals surface area contributed by atoms with Gasteiger partial charge in [0.25, 0.3) is 0 Å². The average Bonchev–Trinajstić information content (AvgIpc) is 2.39. The molecule has 0 amide bonds. The topological polar surface area (TPSA) is 37.3 Å². The molecule has 0 saturated carbocycles. The molecule has 72 valence electrons. The van der Waals surface area contributed by atoms with E-state index in [4.69, 9.17) is 5.11 Å². The van der Waals surface area contributed by atoms with E-state index in [1.807, 2.05) is 26.5 Å². The average molecular weight is 397 g/mol. The fourth-order valence-corrected chi connectivity index (χ4v) is 10.2. The number of hydrogen-bond acceptors (Lipinski definition) is 2. The molecule has 0 heterocycles. The van der Waals surface area contributed by atoms with Crippen LogP contribution in [0.2, 0.25) is 3.93 Å². The summed E-state index contributed by atoms with van der Waals surface area (Å²) in [4.78, 5) is 11.9. The Kier molecular flexibility index (Phi) is 5.56. The van der Waals surface area contributed by atoms with E-state index in [0.29, 0.717) is 5.57 Å². The Balaban J connectivity index is 2.78. The molecule has 0 unspecified atom stereocenters. The van der Waals surface area contributed by atoms with E-state index >= 15 is 0 Å². The summed E-state index contributed by atoms with van der Waals surface area (Å²) >= 11 is -0.879. The third kappa shape index (κ3) is 3.62. The van der Waals surface area contributed by atoms with Crippen LogP contribution in [0.5, 0.6) is 0 Å². The van der Waals surface area contributed by atoms with Gasteiger partial charge in [-0.05, 0) is 0 Å². The van der Waals surface area contributed by atoms with Crippen molar-refractivity contribution in [3.8, 4) is 0 Å². The van der Waals surface area contributed by atoms with Crippen LogP contribution in [0.3, 0.4) is 0 Å². The van der Waals surface area contributed by atoms with Gasteiger partial charge in [-0.3, -0.25) is 0 Å². The molecule has 0 radical (unpaired) electrons. The standard InChI is InChI=1S/C8H8O2S.C2H5.Hg/c9-8(10)6-4-2-1-3-5-7(6)11;1-2;/h1-2,4-5,11H,3H2,(H,9,10);1H2,2H3;/q;;+1/p-1. The number of aliphatic carboxylic acids is 1. The molecule has 0 saturated heterocycles. The Morgan fingerprint density at radius 1 is 1.71 bits per heavy atom. The Morgan fingerprint density at radius 2 is 2.50 bits per heavy atom. The van der Waals surface area contributed by atoms with Crippen LogP contribution in [-0.4, -0.2) is 11.1 Å². The van der Waals surface area contributed by atoms with Gasteiger partial charge >= 0.3 is 99.2 Å². The first-order valence-corrected chi connectivity index (χ1v) is 16.3. The van der Waals surface area contributed by atoms with Crippen molar-refractivity contribution in [1.29, 1.82) is 0 Å². The van der Waals surface area contributed by atoms with Crippen LogP contribution in [0.15, 0.2) is 34.8 Å². The van der Waals surface area contributed by atoms with E-state index in [9.17, 15) is 4.79 Å². The van der Waals surface area contributed by atoms with Gasteiger partial charge in [-0.2, -0.15) is 0 Å². The fourth-order valence-electron chi connectivity index (χ4n) is 1.14. The van der Waals surface area contributed by atoms with E-state index in [1.54, 1.807) is 6.08 Å². The van der Waals surface area contributed by atoms with Crippen molar-refractivity contribution < 1.29 is 33.0 Å². The Hall–Kier alpha value is -0.0249. The molecule has 14 heavy (non-hydrogen) atoms. The van der Waals surface area contributed by atoms with Crippen LogP contribution < -0.4 is 0 Å². The summed E-state index contributed by atoms with van der Waals surface area (Å²) in [7, 11) is 1.84. The van der Waals surface area contributed by atoms with Crippen molar-refractivity contribution in [2.75, 3.05) is 0 Å². The number of rotatable bonds is 4. The Morgan fingerprint density at radius 3 is 3.14 bits per heavy atom. The molecule has 2 nitrogen and oxygen atoms in total. The second-order valence-electron chi connectivity index (χ2n) is 2.97. The molecule has 0 spiro atoms. The van der Waals surface area contributed by atoms with Gasteiger partial charge in [-0.15, -0.1) is 0 Å². The van der Waals surface area contributed by atoms with E-state index in [1.165, 1.54) is 3.93 Å². The quantitative estimate of drug-likeness (QED) is 0.742. The molecule has 1 aliphatic carbocycles. The first-order chi connectivity index (χ1) is 6.75. The van der Waals surface area contributed by atoms with Crippen LogP contribution in [-0.2, 0) is 27.9 Å². The molecular weight excluding hydrogens is 385 g/mol. The third-order valence-corrected chi connectivity index (χ3v) is 13.9. The first-order valence-electron chi connectivity index (χ1n) is 4.69. The van der Waals surface area contributed by atoms with Crippen LogP contribution in [0.1, 0.15) is 13.3 Å². The van der Waals surface area contributed by atoms with Gasteiger partial charge in [0.2, 0.25) is 0 Å².